The number of fused-ring (bicyclic) bond motifs is 5. The third-order valence-electron chi connectivity index (χ3n) is 11.2. The van der Waals surface area contributed by atoms with Crippen LogP contribution in [0.3, 0.4) is 0 Å². The van der Waals surface area contributed by atoms with E-state index in [2.05, 4.69) is 209 Å². The molecule has 0 saturated heterocycles. The van der Waals surface area contributed by atoms with Crippen LogP contribution in [-0.2, 0) is 0 Å². The molecule has 0 spiro atoms. The molecule has 11 rings (SSSR count). The van der Waals surface area contributed by atoms with Crippen LogP contribution < -0.4 is 0 Å². The summed E-state index contributed by atoms with van der Waals surface area (Å²) in [6.07, 6.45) is 1.87. The lowest BCUT2D eigenvalue weighted by Crippen LogP contribution is -2.03. The largest absolute Gasteiger partial charge is 0.274 e. The van der Waals surface area contributed by atoms with Crippen LogP contribution in [0.15, 0.2) is 219 Å². The molecule has 0 amide bonds. The summed E-state index contributed by atoms with van der Waals surface area (Å²) in [5.41, 5.74) is 18.8. The monoisotopic (exact) mass is 740 g/mol. The van der Waals surface area contributed by atoms with E-state index in [9.17, 15) is 0 Å². The van der Waals surface area contributed by atoms with Crippen molar-refractivity contribution in [2.75, 3.05) is 0 Å². The number of benzene rings is 8. The van der Waals surface area contributed by atoms with Crippen molar-refractivity contribution < 1.29 is 0 Å². The van der Waals surface area contributed by atoms with Crippen molar-refractivity contribution in [3.8, 4) is 72.4 Å². The number of hydrogen-bond acceptors (Lipinski definition) is 2. The SMILES string of the molecule is c1ccc(-c2c(-c3ccccc3)c(-c3ccccc3)c(-c3cccc(-n4c5ncccc5n5c6ccccc6nc45)c3)c(-c3ccccc3)c2-c2ccccc2)cc1. The summed E-state index contributed by atoms with van der Waals surface area (Å²) in [6.45, 7) is 0. The Bertz CT molecular complexity index is 3140. The molecule has 0 unspecified atom stereocenters. The van der Waals surface area contributed by atoms with Crippen LogP contribution in [0.25, 0.3) is 100 Å². The molecule has 3 aromatic heterocycles. The highest BCUT2D eigenvalue weighted by Crippen LogP contribution is 2.56. The first-order valence-corrected chi connectivity index (χ1v) is 19.7. The van der Waals surface area contributed by atoms with Gasteiger partial charge in [0.15, 0.2) is 5.65 Å². The van der Waals surface area contributed by atoms with Crippen molar-refractivity contribution in [2.45, 2.75) is 0 Å². The minimum Gasteiger partial charge on any atom is -0.274 e. The molecule has 8 aromatic carbocycles. The fraction of sp³-hybridized carbons (Fsp3) is 0. The number of nitrogens with zero attached hydrogens (tertiary/aromatic N) is 4. The Balaban J connectivity index is 1.34. The Morgan fingerprint density at radius 1 is 0.328 bits per heavy atom. The van der Waals surface area contributed by atoms with Gasteiger partial charge in [-0.05, 0) is 103 Å². The van der Waals surface area contributed by atoms with E-state index in [1.807, 2.05) is 18.3 Å². The molecule has 58 heavy (non-hydrogen) atoms. The van der Waals surface area contributed by atoms with Gasteiger partial charge in [-0.2, -0.15) is 0 Å². The van der Waals surface area contributed by atoms with Gasteiger partial charge in [0.1, 0.15) is 0 Å². The molecular weight excluding hydrogens is 705 g/mol. The Morgan fingerprint density at radius 3 is 1.21 bits per heavy atom. The third-order valence-corrected chi connectivity index (χ3v) is 11.2. The van der Waals surface area contributed by atoms with Gasteiger partial charge in [-0.15, -0.1) is 0 Å². The van der Waals surface area contributed by atoms with Crippen LogP contribution in [0, 0.1) is 0 Å². The normalized spacial score (nSPS) is 11.4. The van der Waals surface area contributed by atoms with Crippen molar-refractivity contribution in [1.82, 2.24) is 18.9 Å². The lowest BCUT2D eigenvalue weighted by molar-refractivity contribution is 1.09. The van der Waals surface area contributed by atoms with Crippen LogP contribution in [0.1, 0.15) is 0 Å². The van der Waals surface area contributed by atoms with Gasteiger partial charge >= 0.3 is 0 Å². The highest BCUT2D eigenvalue weighted by molar-refractivity contribution is 6.15. The summed E-state index contributed by atoms with van der Waals surface area (Å²) in [7, 11) is 0. The second-order valence-electron chi connectivity index (χ2n) is 14.5. The number of pyridine rings is 1. The van der Waals surface area contributed by atoms with Crippen LogP contribution in [-0.4, -0.2) is 18.9 Å². The molecule has 0 saturated carbocycles. The van der Waals surface area contributed by atoms with Crippen molar-refractivity contribution in [3.05, 3.63) is 219 Å². The van der Waals surface area contributed by atoms with Crippen LogP contribution >= 0.6 is 0 Å². The molecule has 4 heteroatoms. The van der Waals surface area contributed by atoms with Gasteiger partial charge in [-0.1, -0.05) is 176 Å². The first-order valence-electron chi connectivity index (χ1n) is 19.7. The third kappa shape index (κ3) is 5.46. The second kappa shape index (κ2) is 14.0. The van der Waals surface area contributed by atoms with Crippen LogP contribution in [0.5, 0.6) is 0 Å². The minimum absolute atomic E-state index is 0.827. The maximum atomic E-state index is 5.20. The maximum absolute atomic E-state index is 5.20. The molecule has 11 aromatic rings. The van der Waals surface area contributed by atoms with Crippen molar-refractivity contribution in [2.24, 2.45) is 0 Å². The molecule has 4 nitrogen and oxygen atoms in total. The van der Waals surface area contributed by atoms with E-state index in [1.54, 1.807) is 0 Å². The Hall–Kier alpha value is -7.82. The molecule has 0 N–H and O–H groups in total. The van der Waals surface area contributed by atoms with Crippen molar-refractivity contribution >= 4 is 28.0 Å². The fourth-order valence-electron chi connectivity index (χ4n) is 8.78. The zero-order valence-electron chi connectivity index (χ0n) is 31.6. The quantitative estimate of drug-likeness (QED) is 0.163. The summed E-state index contributed by atoms with van der Waals surface area (Å²) in [5.74, 6) is 0.827. The topological polar surface area (TPSA) is 35.1 Å². The zero-order valence-corrected chi connectivity index (χ0v) is 31.6. The highest BCUT2D eigenvalue weighted by atomic mass is 15.2. The predicted octanol–water partition coefficient (Wildman–Crippen LogP) is 13.8. The van der Waals surface area contributed by atoms with Gasteiger partial charge in [-0.25, -0.2) is 9.97 Å². The lowest BCUT2D eigenvalue weighted by atomic mass is 9.74. The van der Waals surface area contributed by atoms with Crippen LogP contribution in [0.4, 0.5) is 0 Å². The smallest absolute Gasteiger partial charge is 0.221 e. The van der Waals surface area contributed by atoms with Crippen LogP contribution in [0.2, 0.25) is 0 Å². The van der Waals surface area contributed by atoms with Gasteiger partial charge in [0.2, 0.25) is 5.78 Å². The highest BCUT2D eigenvalue weighted by Gasteiger charge is 2.29. The summed E-state index contributed by atoms with van der Waals surface area (Å²) in [6, 6.07) is 75.9. The van der Waals surface area contributed by atoms with Gasteiger partial charge < -0.3 is 0 Å². The van der Waals surface area contributed by atoms with Crippen molar-refractivity contribution in [3.63, 3.8) is 0 Å². The number of aromatic nitrogens is 4. The fourth-order valence-corrected chi connectivity index (χ4v) is 8.78. The number of rotatable bonds is 7. The molecule has 0 aliphatic rings. The van der Waals surface area contributed by atoms with Gasteiger partial charge in [0, 0.05) is 6.20 Å². The lowest BCUT2D eigenvalue weighted by Gasteiger charge is -2.29. The van der Waals surface area contributed by atoms with Gasteiger partial charge in [0.05, 0.1) is 22.2 Å². The zero-order chi connectivity index (χ0) is 38.4. The minimum atomic E-state index is 0.827. The Labute approximate surface area is 336 Å². The van der Waals surface area contributed by atoms with E-state index in [1.165, 1.54) is 27.8 Å². The Kier molecular flexibility index (Phi) is 8.11. The summed E-state index contributed by atoms with van der Waals surface area (Å²) in [5, 5.41) is 0. The van der Waals surface area contributed by atoms with Crippen molar-refractivity contribution in [1.29, 1.82) is 0 Å². The molecule has 0 radical (unpaired) electrons. The van der Waals surface area contributed by atoms with E-state index in [-0.39, 0.29) is 0 Å². The van der Waals surface area contributed by atoms with Gasteiger partial charge in [0.25, 0.3) is 0 Å². The molecule has 272 valence electrons. The number of imidazole rings is 2. The molecule has 0 aliphatic heterocycles. The number of hydrogen-bond donors (Lipinski definition) is 0. The average molecular weight is 741 g/mol. The van der Waals surface area contributed by atoms with E-state index >= 15 is 0 Å². The Morgan fingerprint density at radius 2 is 0.724 bits per heavy atom. The average Bonchev–Trinajstić information content (AvgIpc) is 3.84. The molecule has 0 aliphatic carbocycles. The summed E-state index contributed by atoms with van der Waals surface area (Å²) >= 11 is 0. The first-order chi connectivity index (χ1) is 28.8. The summed E-state index contributed by atoms with van der Waals surface area (Å²) < 4.78 is 4.43. The van der Waals surface area contributed by atoms with Gasteiger partial charge in [-0.3, -0.25) is 8.97 Å². The van der Waals surface area contributed by atoms with E-state index in [4.69, 9.17) is 9.97 Å². The molecule has 0 fully saturated rings. The van der Waals surface area contributed by atoms with E-state index < -0.39 is 0 Å². The standard InChI is InChI=1S/C54H36N4/c1-6-20-37(21-7-1)47-48(38-22-8-2-9-23-38)50(40-26-12-4-13-27-40)52(51(41-28-14-5-15-29-41)49(47)39-24-10-3-11-25-39)42-30-18-31-43(36-42)57-53-46(34-19-35-55-53)58-45-33-17-16-32-44(45)56-54(57)58/h1-36H. The molecule has 3 heterocycles. The summed E-state index contributed by atoms with van der Waals surface area (Å²) in [4.78, 5) is 10.2. The molecule has 0 atom stereocenters. The molecular formula is C54H36N4. The van der Waals surface area contributed by atoms with E-state index in [0.29, 0.717) is 0 Å². The van der Waals surface area contributed by atoms with E-state index in [0.717, 1.165) is 72.6 Å². The first kappa shape index (κ1) is 33.5. The predicted molar refractivity (Wildman–Crippen MR) is 240 cm³/mol. The second-order valence-corrected chi connectivity index (χ2v) is 14.5. The molecule has 0 bridgehead atoms. The number of para-hydroxylation sites is 2. The maximum Gasteiger partial charge on any atom is 0.221 e.